The third-order valence-corrected chi connectivity index (χ3v) is 2.06. The lowest BCUT2D eigenvalue weighted by atomic mass is 10.0. The van der Waals surface area contributed by atoms with Gasteiger partial charge in [0.15, 0.2) is 0 Å². The fourth-order valence-electron chi connectivity index (χ4n) is 1.19. The van der Waals surface area contributed by atoms with Crippen LogP contribution in [0.5, 0.6) is 0 Å². The highest BCUT2D eigenvalue weighted by atomic mass is 16.2. The zero-order chi connectivity index (χ0) is 10.6. The first-order valence-corrected chi connectivity index (χ1v) is 5.36. The molecule has 0 fully saturated rings. The van der Waals surface area contributed by atoms with Gasteiger partial charge >= 0.3 is 0 Å². The van der Waals surface area contributed by atoms with Crippen molar-refractivity contribution in [2.45, 2.75) is 33.1 Å². The van der Waals surface area contributed by atoms with Crippen LogP contribution >= 0.6 is 0 Å². The molecule has 0 aliphatic rings. The highest BCUT2D eigenvalue weighted by Gasteiger charge is 1.97. The molecule has 1 heteroatoms. The minimum atomic E-state index is 0.315. The number of rotatable bonds is 7. The van der Waals surface area contributed by atoms with Gasteiger partial charge in [0.25, 0.3) is 0 Å². The number of aliphatic hydroxyl groups excluding tert-OH is 1. The average molecular weight is 194 g/mol. The van der Waals surface area contributed by atoms with Gasteiger partial charge in [-0.1, -0.05) is 43.4 Å². The van der Waals surface area contributed by atoms with E-state index in [9.17, 15) is 0 Å². The SMILES string of the molecule is C/C=C/C=C/C=C/CC(C)CCCO. The molecular weight excluding hydrogens is 172 g/mol. The van der Waals surface area contributed by atoms with Gasteiger partial charge in [-0.15, -0.1) is 0 Å². The fraction of sp³-hybridized carbons (Fsp3) is 0.538. The molecule has 0 aromatic rings. The van der Waals surface area contributed by atoms with E-state index in [1.54, 1.807) is 0 Å². The molecule has 14 heavy (non-hydrogen) atoms. The molecule has 0 spiro atoms. The van der Waals surface area contributed by atoms with Crippen LogP contribution in [0, 0.1) is 5.92 Å². The summed E-state index contributed by atoms with van der Waals surface area (Å²) in [6.45, 7) is 4.54. The second kappa shape index (κ2) is 10.3. The molecule has 1 atom stereocenters. The lowest BCUT2D eigenvalue weighted by molar-refractivity contribution is 0.274. The van der Waals surface area contributed by atoms with Gasteiger partial charge in [-0.3, -0.25) is 0 Å². The molecular formula is C13H22O. The van der Waals surface area contributed by atoms with E-state index in [1.807, 2.05) is 31.2 Å². The lowest BCUT2D eigenvalue weighted by Crippen LogP contribution is -1.94. The number of allylic oxidation sites excluding steroid dienone is 6. The summed E-state index contributed by atoms with van der Waals surface area (Å²) in [5, 5.41) is 8.65. The van der Waals surface area contributed by atoms with Gasteiger partial charge in [0.1, 0.15) is 0 Å². The van der Waals surface area contributed by atoms with Crippen LogP contribution in [0.4, 0.5) is 0 Å². The minimum Gasteiger partial charge on any atom is -0.396 e. The monoisotopic (exact) mass is 194 g/mol. The normalized spacial score (nSPS) is 14.8. The Labute approximate surface area is 87.8 Å². The summed E-state index contributed by atoms with van der Waals surface area (Å²) in [6, 6.07) is 0. The Morgan fingerprint density at radius 1 is 1.14 bits per heavy atom. The third-order valence-electron chi connectivity index (χ3n) is 2.06. The van der Waals surface area contributed by atoms with Gasteiger partial charge in [0, 0.05) is 6.61 Å². The van der Waals surface area contributed by atoms with Crippen LogP contribution in [0.25, 0.3) is 0 Å². The summed E-state index contributed by atoms with van der Waals surface area (Å²) in [5.41, 5.74) is 0. The van der Waals surface area contributed by atoms with Gasteiger partial charge in [-0.25, -0.2) is 0 Å². The van der Waals surface area contributed by atoms with Crippen molar-refractivity contribution in [1.82, 2.24) is 0 Å². The largest absolute Gasteiger partial charge is 0.396 e. The smallest absolute Gasteiger partial charge is 0.0431 e. The number of hydrogen-bond donors (Lipinski definition) is 1. The highest BCUT2D eigenvalue weighted by Crippen LogP contribution is 2.10. The number of aliphatic hydroxyl groups is 1. The maximum atomic E-state index is 8.65. The summed E-state index contributed by atoms with van der Waals surface area (Å²) in [4.78, 5) is 0. The molecule has 1 nitrogen and oxygen atoms in total. The predicted octanol–water partition coefficient (Wildman–Crippen LogP) is 3.47. The topological polar surface area (TPSA) is 20.2 Å². The summed E-state index contributed by atoms with van der Waals surface area (Å²) >= 11 is 0. The summed E-state index contributed by atoms with van der Waals surface area (Å²) in [5.74, 6) is 0.675. The van der Waals surface area contributed by atoms with E-state index in [-0.39, 0.29) is 0 Å². The minimum absolute atomic E-state index is 0.315. The lowest BCUT2D eigenvalue weighted by Gasteiger charge is -2.05. The maximum Gasteiger partial charge on any atom is 0.0431 e. The molecule has 0 rings (SSSR count). The van der Waals surface area contributed by atoms with Crippen molar-refractivity contribution in [3.8, 4) is 0 Å². The molecule has 0 heterocycles. The molecule has 1 N–H and O–H groups in total. The van der Waals surface area contributed by atoms with Gasteiger partial charge in [-0.05, 0) is 32.1 Å². The van der Waals surface area contributed by atoms with Crippen molar-refractivity contribution in [3.05, 3.63) is 36.5 Å². The quantitative estimate of drug-likeness (QED) is 0.615. The van der Waals surface area contributed by atoms with Crippen LogP contribution in [0.2, 0.25) is 0 Å². The molecule has 0 aliphatic carbocycles. The highest BCUT2D eigenvalue weighted by molar-refractivity contribution is 5.10. The van der Waals surface area contributed by atoms with Crippen molar-refractivity contribution in [2.75, 3.05) is 6.61 Å². The van der Waals surface area contributed by atoms with Crippen molar-refractivity contribution >= 4 is 0 Å². The fourth-order valence-corrected chi connectivity index (χ4v) is 1.19. The van der Waals surface area contributed by atoms with Gasteiger partial charge in [-0.2, -0.15) is 0 Å². The molecule has 0 aliphatic heterocycles. The molecule has 0 amide bonds. The zero-order valence-corrected chi connectivity index (χ0v) is 9.32. The van der Waals surface area contributed by atoms with E-state index < -0.39 is 0 Å². The van der Waals surface area contributed by atoms with Crippen molar-refractivity contribution in [2.24, 2.45) is 5.92 Å². The summed E-state index contributed by atoms with van der Waals surface area (Å²) < 4.78 is 0. The van der Waals surface area contributed by atoms with Crippen molar-refractivity contribution in [3.63, 3.8) is 0 Å². The standard InChI is InChI=1S/C13H22O/c1-3-4-5-6-7-8-10-13(2)11-9-12-14/h3-8,13-14H,9-12H2,1-2H3/b4-3+,6-5+,8-7+. The Morgan fingerprint density at radius 3 is 2.50 bits per heavy atom. The van der Waals surface area contributed by atoms with E-state index in [4.69, 9.17) is 5.11 Å². The van der Waals surface area contributed by atoms with E-state index in [0.717, 1.165) is 19.3 Å². The van der Waals surface area contributed by atoms with Crippen LogP contribution in [0.1, 0.15) is 33.1 Å². The first-order chi connectivity index (χ1) is 6.81. The molecule has 0 saturated heterocycles. The van der Waals surface area contributed by atoms with Gasteiger partial charge in [0.2, 0.25) is 0 Å². The molecule has 0 saturated carbocycles. The van der Waals surface area contributed by atoms with Crippen LogP contribution in [0.15, 0.2) is 36.5 Å². The predicted molar refractivity (Wildman–Crippen MR) is 63.2 cm³/mol. The Kier molecular flexibility index (Phi) is 9.66. The van der Waals surface area contributed by atoms with E-state index in [0.29, 0.717) is 12.5 Å². The van der Waals surface area contributed by atoms with Crippen molar-refractivity contribution < 1.29 is 5.11 Å². The second-order valence-electron chi connectivity index (χ2n) is 3.55. The van der Waals surface area contributed by atoms with Crippen LogP contribution in [-0.2, 0) is 0 Å². The number of hydrogen-bond acceptors (Lipinski definition) is 1. The zero-order valence-electron chi connectivity index (χ0n) is 9.32. The average Bonchev–Trinajstić information content (AvgIpc) is 2.20. The maximum absolute atomic E-state index is 8.65. The van der Waals surface area contributed by atoms with Crippen molar-refractivity contribution in [1.29, 1.82) is 0 Å². The first-order valence-electron chi connectivity index (χ1n) is 5.36. The van der Waals surface area contributed by atoms with E-state index in [2.05, 4.69) is 19.1 Å². The Bertz CT molecular complexity index is 189. The molecule has 0 aromatic heterocycles. The molecule has 1 unspecified atom stereocenters. The molecule has 80 valence electrons. The molecule has 0 aromatic carbocycles. The van der Waals surface area contributed by atoms with E-state index in [1.165, 1.54) is 0 Å². The van der Waals surface area contributed by atoms with Gasteiger partial charge < -0.3 is 5.11 Å². The van der Waals surface area contributed by atoms with Gasteiger partial charge in [0.05, 0.1) is 0 Å². The Balaban J connectivity index is 3.49. The second-order valence-corrected chi connectivity index (χ2v) is 3.55. The Hall–Kier alpha value is -0.820. The summed E-state index contributed by atoms with van der Waals surface area (Å²) in [7, 11) is 0. The first kappa shape index (κ1) is 13.2. The third kappa shape index (κ3) is 9.27. The molecule has 0 bridgehead atoms. The van der Waals surface area contributed by atoms with Crippen LogP contribution in [0.3, 0.4) is 0 Å². The van der Waals surface area contributed by atoms with E-state index >= 15 is 0 Å². The van der Waals surface area contributed by atoms with Crippen LogP contribution in [-0.4, -0.2) is 11.7 Å². The van der Waals surface area contributed by atoms with Crippen LogP contribution < -0.4 is 0 Å². The Morgan fingerprint density at radius 2 is 1.86 bits per heavy atom. The summed E-state index contributed by atoms with van der Waals surface area (Å²) in [6.07, 6.45) is 15.5. The molecule has 0 radical (unpaired) electrons.